The highest BCUT2D eigenvalue weighted by atomic mass is 28.3. The van der Waals surface area contributed by atoms with Crippen LogP contribution in [0.4, 0.5) is 8.78 Å². The van der Waals surface area contributed by atoms with E-state index in [9.17, 15) is 8.78 Å². The van der Waals surface area contributed by atoms with Crippen LogP contribution in [0.1, 0.15) is 63.9 Å². The molecule has 2 aromatic carbocycles. The maximum Gasteiger partial charge on any atom is 0.134 e. The molecule has 0 atom stereocenters. The van der Waals surface area contributed by atoms with Crippen molar-refractivity contribution in [2.75, 3.05) is 6.61 Å². The number of hydrogen-bond acceptors (Lipinski definition) is 1. The topological polar surface area (TPSA) is 9.23 Å². The van der Waals surface area contributed by atoms with E-state index in [0.29, 0.717) is 29.4 Å². The monoisotopic (exact) mass is 416 g/mol. The molecule has 1 nitrogen and oxygen atoms in total. The van der Waals surface area contributed by atoms with Gasteiger partial charge in [-0.2, -0.15) is 0 Å². The van der Waals surface area contributed by atoms with E-state index in [1.165, 1.54) is 56.3 Å². The van der Waals surface area contributed by atoms with Crippen LogP contribution in [0.2, 0.25) is 18.1 Å². The van der Waals surface area contributed by atoms with Gasteiger partial charge in [0.2, 0.25) is 0 Å². The fourth-order valence-electron chi connectivity index (χ4n) is 4.50. The second kappa shape index (κ2) is 10.9. The molecule has 0 saturated carbocycles. The second-order valence-corrected chi connectivity index (χ2v) is 11.9. The standard InChI is InChI=1S/C25H34F2OSi/c1-3-5-6-14-29-15-11-19(12-16-29)20-7-9-22(24(26)17-20)23-10-8-21(18-25(23)27)28-13-4-2/h7-10,17-19,29H,3-6,11-16H2,1-2H3/t19-,29-. The first-order chi connectivity index (χ1) is 14.1. The largest absolute Gasteiger partial charge is 0.494 e. The number of benzene rings is 2. The van der Waals surface area contributed by atoms with E-state index >= 15 is 0 Å². The first-order valence-corrected chi connectivity index (χ1v) is 13.8. The SMILES string of the molecule is CCCCC[Si@H]1CC[C@H](c2ccc(-c3ccc(OCCC)cc3F)c(F)c2)CC1. The summed E-state index contributed by atoms with van der Waals surface area (Å²) in [4.78, 5) is 0. The molecule has 1 fully saturated rings. The smallest absolute Gasteiger partial charge is 0.134 e. The van der Waals surface area contributed by atoms with Gasteiger partial charge in [0, 0.05) is 26.0 Å². The summed E-state index contributed by atoms with van der Waals surface area (Å²) in [6.45, 7) is 4.81. The molecule has 2 aromatic rings. The number of unbranched alkanes of at least 4 members (excludes halogenated alkanes) is 2. The molecule has 1 heterocycles. The average molecular weight is 417 g/mol. The van der Waals surface area contributed by atoms with Crippen molar-refractivity contribution in [3.8, 4) is 16.9 Å². The van der Waals surface area contributed by atoms with Crippen molar-refractivity contribution in [2.24, 2.45) is 0 Å². The lowest BCUT2D eigenvalue weighted by Crippen LogP contribution is -2.20. The first kappa shape index (κ1) is 22.0. The van der Waals surface area contributed by atoms with Crippen molar-refractivity contribution >= 4 is 8.80 Å². The van der Waals surface area contributed by atoms with Gasteiger partial charge in [-0.3, -0.25) is 0 Å². The molecular formula is C25H34F2OSi. The van der Waals surface area contributed by atoms with Gasteiger partial charge in [-0.1, -0.05) is 63.4 Å². The molecule has 0 spiro atoms. The van der Waals surface area contributed by atoms with Crippen LogP contribution >= 0.6 is 0 Å². The minimum atomic E-state index is -0.567. The number of halogens is 2. The Kier molecular flexibility index (Phi) is 8.28. The Balaban J connectivity index is 1.65. The van der Waals surface area contributed by atoms with Gasteiger partial charge in [0.25, 0.3) is 0 Å². The fraction of sp³-hybridized carbons (Fsp3) is 0.520. The van der Waals surface area contributed by atoms with Crippen LogP contribution in [-0.4, -0.2) is 15.4 Å². The zero-order valence-corrected chi connectivity index (χ0v) is 19.0. The van der Waals surface area contributed by atoms with Crippen molar-refractivity contribution in [3.63, 3.8) is 0 Å². The number of rotatable bonds is 9. The van der Waals surface area contributed by atoms with Crippen molar-refractivity contribution in [1.29, 1.82) is 0 Å². The van der Waals surface area contributed by atoms with Gasteiger partial charge in [-0.05, 0) is 48.9 Å². The molecule has 0 N–H and O–H groups in total. The average Bonchev–Trinajstić information content (AvgIpc) is 2.73. The summed E-state index contributed by atoms with van der Waals surface area (Å²) < 4.78 is 34.9. The molecule has 1 aliphatic heterocycles. The Morgan fingerprint density at radius 1 is 0.897 bits per heavy atom. The summed E-state index contributed by atoms with van der Waals surface area (Å²) >= 11 is 0. The lowest BCUT2D eigenvalue weighted by Gasteiger charge is -2.28. The predicted octanol–water partition coefficient (Wildman–Crippen LogP) is 7.72. The van der Waals surface area contributed by atoms with E-state index in [-0.39, 0.29) is 5.82 Å². The first-order valence-electron chi connectivity index (χ1n) is 11.3. The van der Waals surface area contributed by atoms with Crippen LogP contribution in [0.15, 0.2) is 36.4 Å². The molecule has 0 aliphatic carbocycles. The lowest BCUT2D eigenvalue weighted by molar-refractivity contribution is 0.316. The highest BCUT2D eigenvalue weighted by Gasteiger charge is 2.24. The van der Waals surface area contributed by atoms with E-state index in [1.54, 1.807) is 24.3 Å². The highest BCUT2D eigenvalue weighted by Crippen LogP contribution is 2.37. The third kappa shape index (κ3) is 5.91. The molecule has 158 valence electrons. The van der Waals surface area contributed by atoms with Crippen molar-refractivity contribution in [1.82, 2.24) is 0 Å². The summed E-state index contributed by atoms with van der Waals surface area (Å²) in [5, 5.41) is 0. The molecule has 0 amide bonds. The number of ether oxygens (including phenoxy) is 1. The number of hydrogen-bond donors (Lipinski definition) is 0. The van der Waals surface area contributed by atoms with Crippen LogP contribution in [-0.2, 0) is 0 Å². The minimum absolute atomic E-state index is 0.296. The van der Waals surface area contributed by atoms with Gasteiger partial charge in [-0.25, -0.2) is 8.78 Å². The second-order valence-electron chi connectivity index (χ2n) is 8.44. The Morgan fingerprint density at radius 2 is 1.59 bits per heavy atom. The normalized spacial score (nSPS) is 19.3. The van der Waals surface area contributed by atoms with Gasteiger partial charge in [-0.15, -0.1) is 0 Å². The predicted molar refractivity (Wildman–Crippen MR) is 121 cm³/mol. The molecule has 0 unspecified atom stereocenters. The quantitative estimate of drug-likeness (QED) is 0.300. The third-order valence-electron chi connectivity index (χ3n) is 6.23. The van der Waals surface area contributed by atoms with Gasteiger partial charge in [0.15, 0.2) is 0 Å². The molecule has 0 aromatic heterocycles. The molecular weight excluding hydrogens is 382 g/mol. The zero-order chi connectivity index (χ0) is 20.6. The summed E-state index contributed by atoms with van der Waals surface area (Å²) in [5.74, 6) is 0.183. The molecule has 4 heteroatoms. The Labute approximate surface area is 176 Å². The minimum Gasteiger partial charge on any atom is -0.494 e. The van der Waals surface area contributed by atoms with Gasteiger partial charge >= 0.3 is 0 Å². The van der Waals surface area contributed by atoms with E-state index in [1.807, 2.05) is 13.0 Å². The van der Waals surface area contributed by atoms with Crippen molar-refractivity contribution in [3.05, 3.63) is 53.6 Å². The van der Waals surface area contributed by atoms with Gasteiger partial charge in [0.05, 0.1) is 6.61 Å². The van der Waals surface area contributed by atoms with Crippen LogP contribution in [0.25, 0.3) is 11.1 Å². The summed E-state index contributed by atoms with van der Waals surface area (Å²) in [6, 6.07) is 14.3. The Morgan fingerprint density at radius 3 is 2.21 bits per heavy atom. The maximum absolute atomic E-state index is 14.9. The van der Waals surface area contributed by atoms with Crippen LogP contribution in [0.5, 0.6) is 5.75 Å². The van der Waals surface area contributed by atoms with Crippen LogP contribution in [0, 0.1) is 11.6 Å². The van der Waals surface area contributed by atoms with E-state index in [0.717, 1.165) is 12.0 Å². The van der Waals surface area contributed by atoms with E-state index < -0.39 is 14.6 Å². The lowest BCUT2D eigenvalue weighted by atomic mass is 9.91. The summed E-state index contributed by atoms with van der Waals surface area (Å²) in [6.07, 6.45) is 7.31. The van der Waals surface area contributed by atoms with Gasteiger partial charge < -0.3 is 4.74 Å². The van der Waals surface area contributed by atoms with Crippen molar-refractivity contribution in [2.45, 2.75) is 76.4 Å². The zero-order valence-electron chi connectivity index (χ0n) is 17.9. The molecule has 3 rings (SSSR count). The Hall–Kier alpha value is -1.68. The molecule has 1 saturated heterocycles. The summed E-state index contributed by atoms with van der Waals surface area (Å²) in [5.41, 5.74) is 1.71. The van der Waals surface area contributed by atoms with E-state index in [4.69, 9.17) is 4.74 Å². The van der Waals surface area contributed by atoms with Crippen molar-refractivity contribution < 1.29 is 13.5 Å². The molecule has 29 heavy (non-hydrogen) atoms. The Bertz CT molecular complexity index is 784. The van der Waals surface area contributed by atoms with Crippen LogP contribution < -0.4 is 4.74 Å². The molecule has 0 radical (unpaired) electrons. The molecule has 1 aliphatic rings. The van der Waals surface area contributed by atoms with Crippen LogP contribution in [0.3, 0.4) is 0 Å². The fourth-order valence-corrected chi connectivity index (χ4v) is 7.97. The van der Waals surface area contributed by atoms with Gasteiger partial charge in [0.1, 0.15) is 17.4 Å². The third-order valence-corrected chi connectivity index (χ3v) is 9.76. The molecule has 0 bridgehead atoms. The van der Waals surface area contributed by atoms with E-state index in [2.05, 4.69) is 6.92 Å². The summed E-state index contributed by atoms with van der Waals surface area (Å²) in [7, 11) is -0.567. The maximum atomic E-state index is 14.9. The highest BCUT2D eigenvalue weighted by molar-refractivity contribution is 6.59.